The van der Waals surface area contributed by atoms with E-state index in [2.05, 4.69) is 11.4 Å². The molecule has 0 saturated carbocycles. The lowest BCUT2D eigenvalue weighted by atomic mass is 9.97. The molecule has 1 atom stereocenters. The van der Waals surface area contributed by atoms with Gasteiger partial charge in [0.05, 0.1) is 12.0 Å². The quantitative estimate of drug-likeness (QED) is 0.498. The number of ether oxygens (including phenoxy) is 2. The molecule has 1 aromatic rings. The van der Waals surface area contributed by atoms with Gasteiger partial charge in [0.25, 0.3) is 5.91 Å². The zero-order valence-electron chi connectivity index (χ0n) is 16.1. The van der Waals surface area contributed by atoms with Gasteiger partial charge in [-0.2, -0.15) is 0 Å². The van der Waals surface area contributed by atoms with Crippen LogP contribution in [0.2, 0.25) is 0 Å². The van der Waals surface area contributed by atoms with Gasteiger partial charge in [-0.15, -0.1) is 0 Å². The van der Waals surface area contributed by atoms with Crippen LogP contribution in [0.3, 0.4) is 0 Å². The predicted octanol–water partition coefficient (Wildman–Crippen LogP) is 1.89. The monoisotopic (exact) mass is 410 g/mol. The molecule has 0 spiro atoms. The Kier molecular flexibility index (Phi) is 7.59. The molecular formula is C19H26N2O6S. The maximum absolute atomic E-state index is 12.4. The molecule has 9 heteroatoms. The number of benzene rings is 1. The van der Waals surface area contributed by atoms with Gasteiger partial charge in [0.2, 0.25) is 10.0 Å². The number of sulfonamides is 1. The van der Waals surface area contributed by atoms with Gasteiger partial charge < -0.3 is 14.8 Å². The molecule has 0 fully saturated rings. The third-order valence-electron chi connectivity index (χ3n) is 4.50. The van der Waals surface area contributed by atoms with Gasteiger partial charge >= 0.3 is 5.97 Å². The number of primary sulfonamides is 1. The molecule has 0 bridgehead atoms. The van der Waals surface area contributed by atoms with Gasteiger partial charge in [-0.25, -0.2) is 18.4 Å². The molecule has 154 valence electrons. The zero-order valence-corrected chi connectivity index (χ0v) is 16.9. The predicted molar refractivity (Wildman–Crippen MR) is 103 cm³/mol. The highest BCUT2D eigenvalue weighted by Gasteiger charge is 2.23. The standard InChI is InChI=1S/C19H26N2O6S/c1-13(18(22)21-11-10-14-6-4-3-5-7-14)27-19(23)16-12-15(28(20,24)25)8-9-17(16)26-2/h6,8-9,12-13H,3-5,7,10-11H2,1-2H3,(H,21,22)(H2,20,24,25)/t13-/m1/s1. The van der Waals surface area contributed by atoms with Gasteiger partial charge in [0.15, 0.2) is 6.10 Å². The van der Waals surface area contributed by atoms with Crippen molar-refractivity contribution in [1.29, 1.82) is 0 Å². The molecule has 0 unspecified atom stereocenters. The number of amides is 1. The van der Waals surface area contributed by atoms with E-state index in [9.17, 15) is 18.0 Å². The second kappa shape index (κ2) is 9.70. The number of hydrogen-bond donors (Lipinski definition) is 2. The SMILES string of the molecule is COc1ccc(S(N)(=O)=O)cc1C(=O)O[C@H](C)C(=O)NCCC1=CCCCC1. The molecule has 1 amide bonds. The largest absolute Gasteiger partial charge is 0.496 e. The van der Waals surface area contributed by atoms with Crippen LogP contribution < -0.4 is 15.2 Å². The van der Waals surface area contributed by atoms with Crippen LogP contribution in [-0.2, 0) is 19.6 Å². The van der Waals surface area contributed by atoms with Crippen molar-refractivity contribution in [3.05, 3.63) is 35.4 Å². The Morgan fingerprint density at radius 1 is 1.29 bits per heavy atom. The van der Waals surface area contributed by atoms with Crippen molar-refractivity contribution in [2.24, 2.45) is 5.14 Å². The summed E-state index contributed by atoms with van der Waals surface area (Å²) in [5.74, 6) is -1.18. The minimum Gasteiger partial charge on any atom is -0.496 e. The molecule has 2 rings (SSSR count). The number of carbonyl (C=O) groups is 2. The Balaban J connectivity index is 1.97. The Morgan fingerprint density at radius 2 is 2.04 bits per heavy atom. The van der Waals surface area contributed by atoms with Crippen molar-refractivity contribution < 1.29 is 27.5 Å². The summed E-state index contributed by atoms with van der Waals surface area (Å²) in [6.45, 7) is 1.92. The van der Waals surface area contributed by atoms with Gasteiger partial charge in [-0.1, -0.05) is 11.6 Å². The minimum absolute atomic E-state index is 0.120. The topological polar surface area (TPSA) is 125 Å². The summed E-state index contributed by atoms with van der Waals surface area (Å²) in [4.78, 5) is 24.3. The number of hydrogen-bond acceptors (Lipinski definition) is 6. The van der Waals surface area contributed by atoms with E-state index in [-0.39, 0.29) is 16.2 Å². The average Bonchev–Trinajstić information content (AvgIpc) is 2.67. The van der Waals surface area contributed by atoms with Gasteiger partial charge in [0, 0.05) is 6.54 Å². The Morgan fingerprint density at radius 3 is 2.64 bits per heavy atom. The van der Waals surface area contributed by atoms with Crippen LogP contribution in [0.1, 0.15) is 49.4 Å². The Bertz CT molecular complexity index is 863. The van der Waals surface area contributed by atoms with Crippen LogP contribution in [0.5, 0.6) is 5.75 Å². The highest BCUT2D eigenvalue weighted by Crippen LogP contribution is 2.23. The lowest BCUT2D eigenvalue weighted by molar-refractivity contribution is -0.129. The fourth-order valence-corrected chi connectivity index (χ4v) is 3.46. The Labute approximate surface area is 165 Å². The molecule has 8 nitrogen and oxygen atoms in total. The normalized spacial score (nSPS) is 15.3. The number of methoxy groups -OCH3 is 1. The number of nitrogens with one attached hydrogen (secondary N) is 1. The summed E-state index contributed by atoms with van der Waals surface area (Å²) < 4.78 is 33.2. The van der Waals surface area contributed by atoms with Gasteiger partial charge in [0.1, 0.15) is 11.3 Å². The molecule has 0 radical (unpaired) electrons. The summed E-state index contributed by atoms with van der Waals surface area (Å²) in [5.41, 5.74) is 1.21. The molecule has 0 aromatic heterocycles. The number of rotatable bonds is 8. The third-order valence-corrected chi connectivity index (χ3v) is 5.41. The second-order valence-electron chi connectivity index (χ2n) is 6.60. The molecule has 28 heavy (non-hydrogen) atoms. The molecule has 1 aromatic carbocycles. The minimum atomic E-state index is -4.00. The summed E-state index contributed by atoms with van der Waals surface area (Å²) in [5, 5.41) is 7.84. The van der Waals surface area contributed by atoms with Crippen LogP contribution >= 0.6 is 0 Å². The number of carbonyl (C=O) groups excluding carboxylic acids is 2. The molecule has 3 N–H and O–H groups in total. The number of allylic oxidation sites excluding steroid dienone is 1. The van der Waals surface area contributed by atoms with Crippen LogP contribution in [-0.4, -0.2) is 40.1 Å². The first-order valence-corrected chi connectivity index (χ1v) is 10.6. The maximum atomic E-state index is 12.4. The van der Waals surface area contributed by atoms with Gasteiger partial charge in [-0.05, 0) is 57.2 Å². The fraction of sp³-hybridized carbons (Fsp3) is 0.474. The van der Waals surface area contributed by atoms with Crippen LogP contribution in [0.25, 0.3) is 0 Å². The van der Waals surface area contributed by atoms with Gasteiger partial charge in [-0.3, -0.25) is 4.79 Å². The van der Waals surface area contributed by atoms with Crippen molar-refractivity contribution in [3.8, 4) is 5.75 Å². The zero-order chi connectivity index (χ0) is 20.7. The third kappa shape index (κ3) is 6.07. The van der Waals surface area contributed by atoms with E-state index >= 15 is 0 Å². The van der Waals surface area contributed by atoms with E-state index in [1.54, 1.807) is 0 Å². The first-order chi connectivity index (χ1) is 13.2. The number of nitrogens with two attached hydrogens (primary N) is 1. The molecular weight excluding hydrogens is 384 g/mol. The van der Waals surface area contributed by atoms with E-state index in [0.29, 0.717) is 6.54 Å². The van der Waals surface area contributed by atoms with E-state index < -0.39 is 28.0 Å². The van der Waals surface area contributed by atoms with Crippen molar-refractivity contribution in [2.75, 3.05) is 13.7 Å². The van der Waals surface area contributed by atoms with E-state index in [4.69, 9.17) is 14.6 Å². The van der Waals surface area contributed by atoms with E-state index in [0.717, 1.165) is 25.3 Å². The Hall–Kier alpha value is -2.39. The van der Waals surface area contributed by atoms with Crippen molar-refractivity contribution in [3.63, 3.8) is 0 Å². The van der Waals surface area contributed by atoms with Crippen LogP contribution in [0, 0.1) is 0 Å². The molecule has 0 aliphatic heterocycles. The summed E-state index contributed by atoms with van der Waals surface area (Å²) in [7, 11) is -2.67. The van der Waals surface area contributed by atoms with Crippen molar-refractivity contribution >= 4 is 21.9 Å². The van der Waals surface area contributed by atoms with E-state index in [1.807, 2.05) is 0 Å². The summed E-state index contributed by atoms with van der Waals surface area (Å²) in [6, 6.07) is 3.59. The summed E-state index contributed by atoms with van der Waals surface area (Å²) >= 11 is 0. The molecule has 0 saturated heterocycles. The molecule has 1 aliphatic carbocycles. The van der Waals surface area contributed by atoms with Crippen LogP contribution in [0.4, 0.5) is 0 Å². The maximum Gasteiger partial charge on any atom is 0.342 e. The van der Waals surface area contributed by atoms with Crippen LogP contribution in [0.15, 0.2) is 34.7 Å². The highest BCUT2D eigenvalue weighted by molar-refractivity contribution is 7.89. The lowest BCUT2D eigenvalue weighted by Gasteiger charge is -2.16. The first-order valence-electron chi connectivity index (χ1n) is 9.10. The highest BCUT2D eigenvalue weighted by atomic mass is 32.2. The smallest absolute Gasteiger partial charge is 0.342 e. The lowest BCUT2D eigenvalue weighted by Crippen LogP contribution is -2.36. The summed E-state index contributed by atoms with van der Waals surface area (Å²) in [6.07, 6.45) is 6.46. The van der Waals surface area contributed by atoms with Crippen molar-refractivity contribution in [2.45, 2.75) is 50.0 Å². The number of esters is 1. The second-order valence-corrected chi connectivity index (χ2v) is 8.17. The average molecular weight is 410 g/mol. The molecule has 1 aliphatic rings. The fourth-order valence-electron chi connectivity index (χ4n) is 2.92. The van der Waals surface area contributed by atoms with Crippen molar-refractivity contribution in [1.82, 2.24) is 5.32 Å². The molecule has 0 heterocycles. The first kappa shape index (κ1) is 21.9. The van der Waals surface area contributed by atoms with E-state index in [1.165, 1.54) is 44.6 Å².